The maximum Gasteiger partial charge on any atom is 0.141 e. The SMILES string of the molecule is COc1cccnc1CN1CCOC(c2ccccn2)C1. The molecule has 0 bridgehead atoms. The topological polar surface area (TPSA) is 47.5 Å². The fourth-order valence-corrected chi connectivity index (χ4v) is 2.53. The van der Waals surface area contributed by atoms with Gasteiger partial charge in [-0.1, -0.05) is 6.07 Å². The van der Waals surface area contributed by atoms with Crippen LogP contribution in [0.2, 0.25) is 0 Å². The van der Waals surface area contributed by atoms with Gasteiger partial charge in [0.25, 0.3) is 0 Å². The lowest BCUT2D eigenvalue weighted by molar-refractivity contribution is -0.0355. The molecule has 5 nitrogen and oxygen atoms in total. The summed E-state index contributed by atoms with van der Waals surface area (Å²) in [5.74, 6) is 0.832. The van der Waals surface area contributed by atoms with Gasteiger partial charge < -0.3 is 9.47 Å². The molecule has 3 heterocycles. The van der Waals surface area contributed by atoms with E-state index in [9.17, 15) is 0 Å². The van der Waals surface area contributed by atoms with Gasteiger partial charge in [0, 0.05) is 32.0 Å². The first kappa shape index (κ1) is 14.0. The molecule has 2 aromatic rings. The van der Waals surface area contributed by atoms with E-state index in [1.165, 1.54) is 0 Å². The molecule has 2 aromatic heterocycles. The first-order valence-corrected chi connectivity index (χ1v) is 7.09. The van der Waals surface area contributed by atoms with Crippen molar-refractivity contribution >= 4 is 0 Å². The Kier molecular flexibility index (Phi) is 4.43. The summed E-state index contributed by atoms with van der Waals surface area (Å²) in [5, 5.41) is 0. The normalized spacial score (nSPS) is 19.4. The summed E-state index contributed by atoms with van der Waals surface area (Å²) in [6.45, 7) is 3.17. The van der Waals surface area contributed by atoms with Gasteiger partial charge in [-0.25, -0.2) is 0 Å². The molecule has 0 N–H and O–H groups in total. The minimum Gasteiger partial charge on any atom is -0.495 e. The summed E-state index contributed by atoms with van der Waals surface area (Å²) < 4.78 is 11.2. The molecule has 5 heteroatoms. The third-order valence-electron chi connectivity index (χ3n) is 3.61. The van der Waals surface area contributed by atoms with E-state index >= 15 is 0 Å². The summed E-state index contributed by atoms with van der Waals surface area (Å²) in [7, 11) is 1.68. The number of methoxy groups -OCH3 is 1. The van der Waals surface area contributed by atoms with E-state index in [0.717, 1.165) is 36.8 Å². The molecule has 0 radical (unpaired) electrons. The lowest BCUT2D eigenvalue weighted by atomic mass is 10.2. The Hall–Kier alpha value is -1.98. The summed E-state index contributed by atoms with van der Waals surface area (Å²) in [6.07, 6.45) is 3.63. The Balaban J connectivity index is 1.69. The number of ether oxygens (including phenoxy) is 2. The van der Waals surface area contributed by atoms with Crippen LogP contribution < -0.4 is 4.74 Å². The molecule has 1 aliphatic rings. The molecular weight excluding hydrogens is 266 g/mol. The van der Waals surface area contributed by atoms with E-state index in [-0.39, 0.29) is 6.10 Å². The smallest absolute Gasteiger partial charge is 0.141 e. The van der Waals surface area contributed by atoms with Gasteiger partial charge in [0.2, 0.25) is 0 Å². The van der Waals surface area contributed by atoms with E-state index in [2.05, 4.69) is 14.9 Å². The van der Waals surface area contributed by atoms with Gasteiger partial charge in [-0.05, 0) is 24.3 Å². The third-order valence-corrected chi connectivity index (χ3v) is 3.61. The molecule has 0 amide bonds. The molecule has 1 atom stereocenters. The van der Waals surface area contributed by atoms with Crippen molar-refractivity contribution in [1.29, 1.82) is 0 Å². The number of pyridine rings is 2. The zero-order valence-corrected chi connectivity index (χ0v) is 12.1. The average molecular weight is 285 g/mol. The van der Waals surface area contributed by atoms with Gasteiger partial charge in [-0.15, -0.1) is 0 Å². The number of rotatable bonds is 4. The van der Waals surface area contributed by atoms with Crippen LogP contribution in [0, 0.1) is 0 Å². The van der Waals surface area contributed by atoms with Crippen molar-refractivity contribution in [2.24, 2.45) is 0 Å². The maximum absolute atomic E-state index is 5.83. The van der Waals surface area contributed by atoms with Crippen molar-refractivity contribution in [3.05, 3.63) is 54.1 Å². The number of hydrogen-bond donors (Lipinski definition) is 0. The molecule has 110 valence electrons. The second kappa shape index (κ2) is 6.65. The maximum atomic E-state index is 5.83. The quantitative estimate of drug-likeness (QED) is 0.860. The number of hydrogen-bond acceptors (Lipinski definition) is 5. The lowest BCUT2D eigenvalue weighted by Crippen LogP contribution is -2.38. The van der Waals surface area contributed by atoms with Crippen LogP contribution in [0.3, 0.4) is 0 Å². The van der Waals surface area contributed by atoms with Crippen molar-refractivity contribution < 1.29 is 9.47 Å². The number of nitrogens with zero attached hydrogens (tertiary/aromatic N) is 3. The standard InChI is InChI=1S/C16H19N3O2/c1-20-15-6-4-8-18-14(15)11-19-9-10-21-16(12-19)13-5-2-3-7-17-13/h2-8,16H,9-12H2,1H3. The molecule has 1 fully saturated rings. The number of aromatic nitrogens is 2. The molecule has 1 aliphatic heterocycles. The minimum absolute atomic E-state index is 0.0228. The lowest BCUT2D eigenvalue weighted by Gasteiger charge is -2.32. The molecule has 1 unspecified atom stereocenters. The highest BCUT2D eigenvalue weighted by Gasteiger charge is 2.23. The second-order valence-electron chi connectivity index (χ2n) is 5.00. The van der Waals surface area contributed by atoms with Crippen LogP contribution in [0.5, 0.6) is 5.75 Å². The fourth-order valence-electron chi connectivity index (χ4n) is 2.53. The molecule has 0 aliphatic carbocycles. The zero-order chi connectivity index (χ0) is 14.5. The second-order valence-corrected chi connectivity index (χ2v) is 5.00. The minimum atomic E-state index is 0.0228. The molecule has 1 saturated heterocycles. The van der Waals surface area contributed by atoms with E-state index in [0.29, 0.717) is 6.61 Å². The van der Waals surface area contributed by atoms with Gasteiger partial charge in [-0.2, -0.15) is 0 Å². The molecule has 0 saturated carbocycles. The Bertz CT molecular complexity index is 577. The van der Waals surface area contributed by atoms with Crippen LogP contribution in [0.25, 0.3) is 0 Å². The van der Waals surface area contributed by atoms with E-state index < -0.39 is 0 Å². The highest BCUT2D eigenvalue weighted by Crippen LogP contribution is 2.23. The molecule has 0 aromatic carbocycles. The van der Waals surface area contributed by atoms with Crippen LogP contribution in [0.4, 0.5) is 0 Å². The van der Waals surface area contributed by atoms with Crippen molar-refractivity contribution in [3.8, 4) is 5.75 Å². The van der Waals surface area contributed by atoms with Crippen LogP contribution in [0.1, 0.15) is 17.5 Å². The van der Waals surface area contributed by atoms with Crippen molar-refractivity contribution in [2.45, 2.75) is 12.6 Å². The zero-order valence-electron chi connectivity index (χ0n) is 12.1. The Labute approximate surface area is 124 Å². The molecule has 3 rings (SSSR count). The van der Waals surface area contributed by atoms with E-state index in [1.807, 2.05) is 30.3 Å². The van der Waals surface area contributed by atoms with Gasteiger partial charge in [0.15, 0.2) is 0 Å². The predicted molar refractivity (Wildman–Crippen MR) is 79.0 cm³/mol. The van der Waals surface area contributed by atoms with Crippen LogP contribution >= 0.6 is 0 Å². The van der Waals surface area contributed by atoms with Crippen molar-refractivity contribution in [3.63, 3.8) is 0 Å². The monoisotopic (exact) mass is 285 g/mol. The fraction of sp³-hybridized carbons (Fsp3) is 0.375. The van der Waals surface area contributed by atoms with Gasteiger partial charge in [-0.3, -0.25) is 14.9 Å². The molecule has 21 heavy (non-hydrogen) atoms. The first-order valence-electron chi connectivity index (χ1n) is 7.09. The van der Waals surface area contributed by atoms with Crippen LogP contribution in [-0.4, -0.2) is 41.7 Å². The Morgan fingerprint density at radius 2 is 2.14 bits per heavy atom. The predicted octanol–water partition coefficient (Wildman–Crippen LogP) is 2.06. The van der Waals surface area contributed by atoms with Crippen LogP contribution in [-0.2, 0) is 11.3 Å². The summed E-state index contributed by atoms with van der Waals surface area (Å²) in [4.78, 5) is 11.1. The summed E-state index contributed by atoms with van der Waals surface area (Å²) in [6, 6.07) is 9.75. The van der Waals surface area contributed by atoms with Gasteiger partial charge >= 0.3 is 0 Å². The Morgan fingerprint density at radius 1 is 1.24 bits per heavy atom. The van der Waals surface area contributed by atoms with E-state index in [1.54, 1.807) is 19.5 Å². The third kappa shape index (κ3) is 3.37. The Morgan fingerprint density at radius 3 is 2.95 bits per heavy atom. The van der Waals surface area contributed by atoms with Crippen molar-refractivity contribution in [1.82, 2.24) is 14.9 Å². The first-order chi connectivity index (χ1) is 10.4. The van der Waals surface area contributed by atoms with Crippen LogP contribution in [0.15, 0.2) is 42.7 Å². The van der Waals surface area contributed by atoms with E-state index in [4.69, 9.17) is 9.47 Å². The largest absolute Gasteiger partial charge is 0.495 e. The van der Waals surface area contributed by atoms with Gasteiger partial charge in [0.05, 0.1) is 25.1 Å². The summed E-state index contributed by atoms with van der Waals surface area (Å²) in [5.41, 5.74) is 1.94. The molecular formula is C16H19N3O2. The van der Waals surface area contributed by atoms with Gasteiger partial charge in [0.1, 0.15) is 11.9 Å². The number of morpholine rings is 1. The molecule has 0 spiro atoms. The summed E-state index contributed by atoms with van der Waals surface area (Å²) >= 11 is 0. The van der Waals surface area contributed by atoms with Crippen molar-refractivity contribution in [2.75, 3.05) is 26.8 Å². The highest BCUT2D eigenvalue weighted by molar-refractivity contribution is 5.26. The average Bonchev–Trinajstić information content (AvgIpc) is 2.56. The highest BCUT2D eigenvalue weighted by atomic mass is 16.5.